The van der Waals surface area contributed by atoms with Gasteiger partial charge in [0.1, 0.15) is 0 Å². The van der Waals surface area contributed by atoms with Gasteiger partial charge in [0.25, 0.3) is 0 Å². The lowest BCUT2D eigenvalue weighted by Crippen LogP contribution is -2.37. The van der Waals surface area contributed by atoms with Gasteiger partial charge in [0.15, 0.2) is 5.84 Å². The van der Waals surface area contributed by atoms with Crippen molar-refractivity contribution in [1.29, 1.82) is 5.41 Å². The summed E-state index contributed by atoms with van der Waals surface area (Å²) in [6.45, 7) is 13.2. The van der Waals surface area contributed by atoms with Crippen LogP contribution in [0, 0.1) is 5.41 Å². The van der Waals surface area contributed by atoms with Gasteiger partial charge in [-0.2, -0.15) is 0 Å². The topological polar surface area (TPSA) is 141 Å². The Morgan fingerprint density at radius 2 is 1.64 bits per heavy atom. The number of nitrogens with one attached hydrogen (secondary N) is 2. The molecule has 8 heteroatoms. The second-order valence-electron chi connectivity index (χ2n) is 3.39. The maximum Gasteiger partial charge on any atom is 0.303 e. The second kappa shape index (κ2) is 24.1. The van der Waals surface area contributed by atoms with E-state index in [0.717, 1.165) is 6.42 Å². The average molecular weight is 319 g/mol. The number of hydrogen-bond donors (Lipinski definition) is 4. The van der Waals surface area contributed by atoms with Crippen LogP contribution in [0.1, 0.15) is 67.7 Å². The standard InChI is InChI=1S/C7H15N5O.C3H6O2.2C2H6/c1-3-4-6(13)10-5(2)7(8)11-12-9;1-2-3(4)5;2*1-2/h5H,3-4H2,1-2H3,(H,10,13)(H3,8,9,11);2H2,1H3,(H,4,5);2*1-2H3. The first-order chi connectivity index (χ1) is 10.4. The largest absolute Gasteiger partial charge is 0.481 e. The zero-order valence-electron chi connectivity index (χ0n) is 14.9. The monoisotopic (exact) mass is 319 g/mol. The van der Waals surface area contributed by atoms with Gasteiger partial charge >= 0.3 is 5.97 Å². The molecule has 0 fully saturated rings. The number of amides is 1. The van der Waals surface area contributed by atoms with Crippen LogP contribution in [0.15, 0.2) is 10.3 Å². The van der Waals surface area contributed by atoms with E-state index in [4.69, 9.17) is 16.4 Å². The summed E-state index contributed by atoms with van der Waals surface area (Å²) in [7, 11) is 0. The maximum absolute atomic E-state index is 11.1. The number of rotatable bonds is 5. The van der Waals surface area contributed by atoms with Gasteiger partial charge in [-0.15, -0.1) is 5.11 Å². The van der Waals surface area contributed by atoms with Crippen molar-refractivity contribution in [3.05, 3.63) is 0 Å². The molecule has 0 heterocycles. The van der Waals surface area contributed by atoms with E-state index in [1.54, 1.807) is 13.8 Å². The summed E-state index contributed by atoms with van der Waals surface area (Å²) in [5.74, 6) is 3.88. The van der Waals surface area contributed by atoms with Crippen molar-refractivity contribution < 1.29 is 14.7 Å². The summed E-state index contributed by atoms with van der Waals surface area (Å²) < 4.78 is 0. The first kappa shape index (κ1) is 28.2. The van der Waals surface area contributed by atoms with Crippen LogP contribution in [0.3, 0.4) is 0 Å². The highest BCUT2D eigenvalue weighted by Crippen LogP contribution is 1.91. The van der Waals surface area contributed by atoms with Gasteiger partial charge in [-0.05, 0) is 13.3 Å². The molecule has 0 rings (SSSR count). The molecule has 0 aliphatic heterocycles. The third-order valence-corrected chi connectivity index (χ3v) is 1.73. The third kappa shape index (κ3) is 26.5. The number of carboxylic acids is 1. The zero-order chi connectivity index (χ0) is 18.6. The molecule has 1 unspecified atom stereocenters. The number of nitrogens with two attached hydrogens (primary N) is 1. The van der Waals surface area contributed by atoms with E-state index in [9.17, 15) is 9.59 Å². The number of aliphatic carboxylic acids is 1. The van der Waals surface area contributed by atoms with Gasteiger partial charge < -0.3 is 16.3 Å². The Bertz CT molecular complexity index is 307. The van der Waals surface area contributed by atoms with Crippen molar-refractivity contribution in [2.24, 2.45) is 16.2 Å². The Labute approximate surface area is 134 Å². The first-order valence-electron chi connectivity index (χ1n) is 7.59. The van der Waals surface area contributed by atoms with E-state index in [0.29, 0.717) is 6.42 Å². The summed E-state index contributed by atoms with van der Waals surface area (Å²) in [6.07, 6.45) is 1.46. The summed E-state index contributed by atoms with van der Waals surface area (Å²) in [5, 5.41) is 23.8. The minimum Gasteiger partial charge on any atom is -0.481 e. The minimum atomic E-state index is -0.745. The number of hydrogen-bond acceptors (Lipinski definition) is 4. The quantitative estimate of drug-likeness (QED) is 0.203. The fourth-order valence-corrected chi connectivity index (χ4v) is 0.758. The SMILES string of the molecule is CC.CC.CCC(=O)O.CCCC(=O)NC(C)C(=N)N=NN. The first-order valence-corrected chi connectivity index (χ1v) is 7.59. The van der Waals surface area contributed by atoms with Crippen molar-refractivity contribution in [2.45, 2.75) is 73.8 Å². The molecule has 0 aliphatic carbocycles. The lowest BCUT2D eigenvalue weighted by molar-refractivity contribution is -0.136. The van der Waals surface area contributed by atoms with E-state index in [1.165, 1.54) is 0 Å². The van der Waals surface area contributed by atoms with Crippen LogP contribution < -0.4 is 11.2 Å². The second-order valence-corrected chi connectivity index (χ2v) is 3.39. The van der Waals surface area contributed by atoms with Crippen LogP contribution in [0.2, 0.25) is 0 Å². The number of amidine groups is 1. The van der Waals surface area contributed by atoms with Crippen molar-refractivity contribution >= 4 is 17.7 Å². The molecule has 22 heavy (non-hydrogen) atoms. The molecule has 0 radical (unpaired) electrons. The molecule has 0 aliphatic rings. The fourth-order valence-electron chi connectivity index (χ4n) is 0.758. The molecule has 0 aromatic rings. The molecule has 0 saturated heterocycles. The van der Waals surface area contributed by atoms with Crippen molar-refractivity contribution in [3.63, 3.8) is 0 Å². The molecule has 1 amide bonds. The summed E-state index contributed by atoms with van der Waals surface area (Å²) in [6, 6.07) is -0.439. The minimum absolute atomic E-state index is 0.0491. The molecule has 132 valence electrons. The van der Waals surface area contributed by atoms with E-state index in [1.807, 2.05) is 34.6 Å². The van der Waals surface area contributed by atoms with Crippen LogP contribution in [0.25, 0.3) is 0 Å². The molecular formula is C14H33N5O3. The fraction of sp³-hybridized carbons (Fsp3) is 0.786. The van der Waals surface area contributed by atoms with Crippen LogP contribution in [-0.2, 0) is 9.59 Å². The van der Waals surface area contributed by atoms with Gasteiger partial charge in [0.05, 0.1) is 6.04 Å². The van der Waals surface area contributed by atoms with Gasteiger partial charge in [-0.3, -0.25) is 15.0 Å². The van der Waals surface area contributed by atoms with Crippen molar-refractivity contribution in [2.75, 3.05) is 0 Å². The number of carbonyl (C=O) groups is 2. The molecule has 0 aromatic carbocycles. The molecule has 0 spiro atoms. The number of nitrogens with zero attached hydrogens (tertiary/aromatic N) is 2. The predicted octanol–water partition coefficient (Wildman–Crippen LogP) is 3.13. The lowest BCUT2D eigenvalue weighted by Gasteiger charge is -2.10. The molecule has 0 bridgehead atoms. The molecule has 5 N–H and O–H groups in total. The van der Waals surface area contributed by atoms with Crippen LogP contribution in [-0.4, -0.2) is 28.9 Å². The normalized spacial score (nSPS) is 9.77. The third-order valence-electron chi connectivity index (χ3n) is 1.73. The highest BCUT2D eigenvalue weighted by Gasteiger charge is 2.10. The smallest absolute Gasteiger partial charge is 0.303 e. The zero-order valence-corrected chi connectivity index (χ0v) is 14.9. The predicted molar refractivity (Wildman–Crippen MR) is 89.9 cm³/mol. The Hall–Kier alpha value is -1.99. The molecule has 0 aromatic heterocycles. The highest BCUT2D eigenvalue weighted by molar-refractivity contribution is 5.89. The van der Waals surface area contributed by atoms with Crippen LogP contribution in [0.5, 0.6) is 0 Å². The summed E-state index contributed by atoms with van der Waals surface area (Å²) in [4.78, 5) is 20.4. The van der Waals surface area contributed by atoms with Crippen molar-refractivity contribution in [1.82, 2.24) is 5.32 Å². The lowest BCUT2D eigenvalue weighted by atomic mass is 10.2. The molecule has 0 saturated carbocycles. The van der Waals surface area contributed by atoms with E-state index in [2.05, 4.69) is 15.7 Å². The molecular weight excluding hydrogens is 286 g/mol. The Balaban J connectivity index is -0.000000150. The maximum atomic E-state index is 11.1. The summed E-state index contributed by atoms with van der Waals surface area (Å²) in [5.41, 5.74) is 0. The molecule has 8 nitrogen and oxygen atoms in total. The number of carbonyl (C=O) groups excluding carboxylic acids is 1. The van der Waals surface area contributed by atoms with E-state index < -0.39 is 12.0 Å². The Kier molecular flexibility index (Phi) is 30.8. The van der Waals surface area contributed by atoms with Crippen LogP contribution in [0.4, 0.5) is 0 Å². The average Bonchev–Trinajstić information content (AvgIpc) is 2.52. The van der Waals surface area contributed by atoms with Gasteiger partial charge in [0.2, 0.25) is 5.91 Å². The molecule has 1 atom stereocenters. The Morgan fingerprint density at radius 1 is 1.23 bits per heavy atom. The Morgan fingerprint density at radius 3 is 1.91 bits per heavy atom. The van der Waals surface area contributed by atoms with Gasteiger partial charge in [-0.1, -0.05) is 46.8 Å². The van der Waals surface area contributed by atoms with Gasteiger partial charge in [-0.25, -0.2) is 0 Å². The highest BCUT2D eigenvalue weighted by atomic mass is 16.4. The van der Waals surface area contributed by atoms with Crippen molar-refractivity contribution in [3.8, 4) is 0 Å². The van der Waals surface area contributed by atoms with E-state index >= 15 is 0 Å². The van der Waals surface area contributed by atoms with Crippen LogP contribution >= 0.6 is 0 Å². The number of carboxylic acid groups (broad SMARTS) is 1. The summed E-state index contributed by atoms with van der Waals surface area (Å²) >= 11 is 0. The van der Waals surface area contributed by atoms with Gasteiger partial charge in [0, 0.05) is 12.8 Å². The van der Waals surface area contributed by atoms with E-state index in [-0.39, 0.29) is 18.2 Å².